The molecule has 0 bridgehead atoms. The number of carbonyl (C=O) groups excluding carboxylic acids is 1. The van der Waals surface area contributed by atoms with Crippen molar-refractivity contribution in [1.29, 1.82) is 0 Å². The SMILES string of the molecule is Cc1ccc(C(=O)N2CCOC3CCCC32)c(O)c1. The van der Waals surface area contributed by atoms with Gasteiger partial charge in [0, 0.05) is 6.54 Å². The van der Waals surface area contributed by atoms with Gasteiger partial charge in [0.1, 0.15) is 5.75 Å². The number of amides is 1. The molecule has 1 N–H and O–H groups in total. The van der Waals surface area contributed by atoms with Gasteiger partial charge in [-0.25, -0.2) is 0 Å². The van der Waals surface area contributed by atoms with Crippen LogP contribution in [0.3, 0.4) is 0 Å². The molecule has 2 aliphatic rings. The zero-order valence-electron chi connectivity index (χ0n) is 11.1. The number of morpholine rings is 1. The molecular formula is C15H19NO3. The summed E-state index contributed by atoms with van der Waals surface area (Å²) < 4.78 is 5.71. The maximum absolute atomic E-state index is 12.6. The molecule has 2 fully saturated rings. The van der Waals surface area contributed by atoms with Gasteiger partial charge in [-0.2, -0.15) is 0 Å². The highest BCUT2D eigenvalue weighted by molar-refractivity contribution is 5.97. The fraction of sp³-hybridized carbons (Fsp3) is 0.533. The number of ether oxygens (including phenoxy) is 1. The Bertz CT molecular complexity index is 500. The molecule has 1 saturated carbocycles. The van der Waals surface area contributed by atoms with Crippen molar-refractivity contribution in [1.82, 2.24) is 4.90 Å². The summed E-state index contributed by atoms with van der Waals surface area (Å²) in [4.78, 5) is 14.5. The van der Waals surface area contributed by atoms with Crippen LogP contribution in [0.25, 0.3) is 0 Å². The number of fused-ring (bicyclic) bond motifs is 1. The maximum atomic E-state index is 12.6. The van der Waals surface area contributed by atoms with Crippen LogP contribution in [-0.4, -0.2) is 41.2 Å². The number of aryl methyl sites for hydroxylation is 1. The number of nitrogens with zero attached hydrogens (tertiary/aromatic N) is 1. The second kappa shape index (κ2) is 4.85. The highest BCUT2D eigenvalue weighted by Gasteiger charge is 2.39. The number of carbonyl (C=O) groups is 1. The van der Waals surface area contributed by atoms with E-state index < -0.39 is 0 Å². The first kappa shape index (κ1) is 12.5. The maximum Gasteiger partial charge on any atom is 0.258 e. The molecule has 4 heteroatoms. The van der Waals surface area contributed by atoms with Crippen molar-refractivity contribution in [3.8, 4) is 5.75 Å². The number of aromatic hydroxyl groups is 1. The summed E-state index contributed by atoms with van der Waals surface area (Å²) in [5.74, 6) is 0.00346. The summed E-state index contributed by atoms with van der Waals surface area (Å²) in [6, 6.07) is 5.40. The van der Waals surface area contributed by atoms with Gasteiger partial charge in [-0.1, -0.05) is 6.07 Å². The lowest BCUT2D eigenvalue weighted by molar-refractivity contribution is -0.0446. The van der Waals surface area contributed by atoms with Gasteiger partial charge in [-0.3, -0.25) is 4.79 Å². The number of rotatable bonds is 1. The van der Waals surface area contributed by atoms with Crippen molar-refractivity contribution in [3.05, 3.63) is 29.3 Å². The standard InChI is InChI=1S/C15H19NO3/c1-10-5-6-11(13(17)9-10)15(18)16-7-8-19-14-4-2-3-12(14)16/h5-6,9,12,14,17H,2-4,7-8H2,1H3. The highest BCUT2D eigenvalue weighted by atomic mass is 16.5. The molecule has 1 saturated heterocycles. The van der Waals surface area contributed by atoms with Crippen molar-refractivity contribution >= 4 is 5.91 Å². The van der Waals surface area contributed by atoms with E-state index in [1.54, 1.807) is 12.1 Å². The number of hydrogen-bond acceptors (Lipinski definition) is 3. The quantitative estimate of drug-likeness (QED) is 0.842. The van der Waals surface area contributed by atoms with Gasteiger partial charge in [-0.05, 0) is 43.9 Å². The van der Waals surface area contributed by atoms with Crippen molar-refractivity contribution in [3.63, 3.8) is 0 Å². The zero-order valence-corrected chi connectivity index (χ0v) is 11.1. The van der Waals surface area contributed by atoms with E-state index in [9.17, 15) is 9.90 Å². The first-order valence-corrected chi connectivity index (χ1v) is 6.89. The van der Waals surface area contributed by atoms with E-state index in [0.717, 1.165) is 24.8 Å². The van der Waals surface area contributed by atoms with Crippen LogP contribution >= 0.6 is 0 Å². The fourth-order valence-electron chi connectivity index (χ4n) is 3.16. The minimum absolute atomic E-state index is 0.0716. The summed E-state index contributed by atoms with van der Waals surface area (Å²) in [7, 11) is 0. The van der Waals surface area contributed by atoms with Gasteiger partial charge < -0.3 is 14.7 Å². The molecule has 0 radical (unpaired) electrons. The topological polar surface area (TPSA) is 49.8 Å². The first-order valence-electron chi connectivity index (χ1n) is 6.89. The molecule has 2 atom stereocenters. The number of phenolic OH excluding ortho intramolecular Hbond substituents is 1. The minimum Gasteiger partial charge on any atom is -0.507 e. The third-order valence-corrected chi connectivity index (χ3v) is 4.13. The van der Waals surface area contributed by atoms with Gasteiger partial charge >= 0.3 is 0 Å². The van der Waals surface area contributed by atoms with Crippen molar-refractivity contribution < 1.29 is 14.6 Å². The number of hydrogen-bond donors (Lipinski definition) is 1. The predicted molar refractivity (Wildman–Crippen MR) is 71.3 cm³/mol. The molecule has 1 amide bonds. The third kappa shape index (κ3) is 2.21. The van der Waals surface area contributed by atoms with Gasteiger partial charge in [0.25, 0.3) is 5.91 Å². The summed E-state index contributed by atoms with van der Waals surface area (Å²) in [6.45, 7) is 3.11. The lowest BCUT2D eigenvalue weighted by Gasteiger charge is -2.37. The lowest BCUT2D eigenvalue weighted by Crippen LogP contribution is -2.51. The minimum atomic E-state index is -0.0716. The average Bonchev–Trinajstić information content (AvgIpc) is 2.86. The van der Waals surface area contributed by atoms with Crippen LogP contribution in [0.2, 0.25) is 0 Å². The van der Waals surface area contributed by atoms with E-state index in [-0.39, 0.29) is 23.8 Å². The van der Waals surface area contributed by atoms with Crippen LogP contribution in [-0.2, 0) is 4.74 Å². The molecule has 0 spiro atoms. The van der Waals surface area contributed by atoms with Crippen LogP contribution in [0.15, 0.2) is 18.2 Å². The summed E-state index contributed by atoms with van der Waals surface area (Å²) in [5, 5.41) is 9.95. The molecule has 102 valence electrons. The van der Waals surface area contributed by atoms with Gasteiger partial charge in [0.15, 0.2) is 0 Å². The normalized spacial score (nSPS) is 26.3. The molecule has 0 aromatic heterocycles. The monoisotopic (exact) mass is 261 g/mol. The average molecular weight is 261 g/mol. The third-order valence-electron chi connectivity index (χ3n) is 4.13. The lowest BCUT2D eigenvalue weighted by atomic mass is 10.1. The Labute approximate surface area is 113 Å². The van der Waals surface area contributed by atoms with Gasteiger partial charge in [0.05, 0.1) is 24.3 Å². The summed E-state index contributed by atoms with van der Waals surface area (Å²) in [5.41, 5.74) is 1.35. The van der Waals surface area contributed by atoms with Crippen molar-refractivity contribution in [2.45, 2.75) is 38.3 Å². The molecule has 1 aromatic rings. The molecule has 19 heavy (non-hydrogen) atoms. The second-order valence-electron chi connectivity index (χ2n) is 5.43. The Morgan fingerprint density at radius 2 is 2.26 bits per heavy atom. The summed E-state index contributed by atoms with van der Waals surface area (Å²) >= 11 is 0. The Morgan fingerprint density at radius 1 is 1.42 bits per heavy atom. The van der Waals surface area contributed by atoms with Crippen LogP contribution in [0.5, 0.6) is 5.75 Å². The predicted octanol–water partition coefficient (Wildman–Crippen LogP) is 2.09. The van der Waals surface area contributed by atoms with E-state index in [1.165, 1.54) is 0 Å². The highest BCUT2D eigenvalue weighted by Crippen LogP contribution is 2.31. The number of benzene rings is 1. The van der Waals surface area contributed by atoms with Crippen molar-refractivity contribution in [2.75, 3.05) is 13.2 Å². The molecule has 1 aliphatic heterocycles. The Morgan fingerprint density at radius 3 is 3.05 bits per heavy atom. The molecule has 3 rings (SSSR count). The van der Waals surface area contributed by atoms with Crippen LogP contribution in [0, 0.1) is 6.92 Å². The molecule has 1 aromatic carbocycles. The first-order chi connectivity index (χ1) is 9.16. The van der Waals surface area contributed by atoms with E-state index >= 15 is 0 Å². The molecule has 1 aliphatic carbocycles. The van der Waals surface area contributed by atoms with E-state index in [4.69, 9.17) is 4.74 Å². The fourth-order valence-corrected chi connectivity index (χ4v) is 3.16. The van der Waals surface area contributed by atoms with Crippen LogP contribution in [0.4, 0.5) is 0 Å². The van der Waals surface area contributed by atoms with Crippen LogP contribution < -0.4 is 0 Å². The molecule has 1 heterocycles. The van der Waals surface area contributed by atoms with E-state index in [2.05, 4.69) is 0 Å². The Balaban J connectivity index is 1.86. The van der Waals surface area contributed by atoms with Crippen molar-refractivity contribution in [2.24, 2.45) is 0 Å². The molecular weight excluding hydrogens is 242 g/mol. The Kier molecular flexibility index (Phi) is 3.19. The van der Waals surface area contributed by atoms with Crippen LogP contribution in [0.1, 0.15) is 35.2 Å². The second-order valence-corrected chi connectivity index (χ2v) is 5.43. The molecule has 2 unspecified atom stereocenters. The Hall–Kier alpha value is -1.55. The summed E-state index contributed by atoms with van der Waals surface area (Å²) in [6.07, 6.45) is 3.33. The van der Waals surface area contributed by atoms with E-state index in [0.29, 0.717) is 18.7 Å². The van der Waals surface area contributed by atoms with Gasteiger partial charge in [-0.15, -0.1) is 0 Å². The van der Waals surface area contributed by atoms with Gasteiger partial charge in [0.2, 0.25) is 0 Å². The number of phenols is 1. The zero-order chi connectivity index (χ0) is 13.4. The smallest absolute Gasteiger partial charge is 0.258 e. The van der Waals surface area contributed by atoms with E-state index in [1.807, 2.05) is 17.9 Å². The molecule has 4 nitrogen and oxygen atoms in total. The largest absolute Gasteiger partial charge is 0.507 e.